The van der Waals surface area contributed by atoms with E-state index in [4.69, 9.17) is 22.1 Å². The fraction of sp³-hybridized carbons (Fsp3) is 0.143. The Hall–Kier alpha value is -1.19. The van der Waals surface area contributed by atoms with Crippen molar-refractivity contribution in [2.24, 2.45) is 0 Å². The van der Waals surface area contributed by atoms with Gasteiger partial charge in [-0.1, -0.05) is 39.7 Å². The van der Waals surface area contributed by atoms with Crippen molar-refractivity contribution in [1.29, 1.82) is 0 Å². The summed E-state index contributed by atoms with van der Waals surface area (Å²) in [5.74, 6) is 0.786. The number of halogens is 2. The number of hydrogen-bond donors (Lipinski definition) is 1. The van der Waals surface area contributed by atoms with Gasteiger partial charge in [0.2, 0.25) is 0 Å². The molecular formula is C14H13BrClNO. The number of nitrogen functional groups attached to an aromatic ring is 1. The van der Waals surface area contributed by atoms with E-state index < -0.39 is 0 Å². The van der Waals surface area contributed by atoms with Gasteiger partial charge >= 0.3 is 0 Å². The highest BCUT2D eigenvalue weighted by Crippen LogP contribution is 2.25. The summed E-state index contributed by atoms with van der Waals surface area (Å²) in [7, 11) is 0. The SMILES string of the molecule is Cc1ccc(N)cc1OCc1ccc(Br)cc1Cl. The van der Waals surface area contributed by atoms with E-state index >= 15 is 0 Å². The van der Waals surface area contributed by atoms with Crippen molar-refractivity contribution in [1.82, 2.24) is 0 Å². The van der Waals surface area contributed by atoms with Crippen LogP contribution in [0.25, 0.3) is 0 Å². The average Bonchev–Trinajstić information content (AvgIpc) is 2.32. The molecule has 0 amide bonds. The fourth-order valence-electron chi connectivity index (χ4n) is 1.57. The quantitative estimate of drug-likeness (QED) is 0.838. The zero-order chi connectivity index (χ0) is 13.1. The van der Waals surface area contributed by atoms with Crippen LogP contribution in [0, 0.1) is 6.92 Å². The van der Waals surface area contributed by atoms with Gasteiger partial charge in [-0.3, -0.25) is 0 Å². The molecule has 2 rings (SSSR count). The second-order valence-electron chi connectivity index (χ2n) is 4.05. The van der Waals surface area contributed by atoms with Crippen LogP contribution in [0.3, 0.4) is 0 Å². The average molecular weight is 327 g/mol. The highest BCUT2D eigenvalue weighted by molar-refractivity contribution is 9.10. The molecule has 2 aromatic rings. The van der Waals surface area contributed by atoms with Crippen LogP contribution in [-0.2, 0) is 6.61 Å². The van der Waals surface area contributed by atoms with Gasteiger partial charge in [-0.2, -0.15) is 0 Å². The van der Waals surface area contributed by atoms with Crippen molar-refractivity contribution < 1.29 is 4.74 Å². The first kappa shape index (κ1) is 13.2. The molecule has 0 saturated heterocycles. The van der Waals surface area contributed by atoms with Crippen LogP contribution in [-0.4, -0.2) is 0 Å². The molecule has 18 heavy (non-hydrogen) atoms. The molecule has 0 heterocycles. The highest BCUT2D eigenvalue weighted by atomic mass is 79.9. The summed E-state index contributed by atoms with van der Waals surface area (Å²) >= 11 is 9.50. The molecule has 0 aliphatic heterocycles. The van der Waals surface area contributed by atoms with Gasteiger partial charge in [-0.05, 0) is 30.7 Å². The van der Waals surface area contributed by atoms with E-state index in [1.165, 1.54) is 0 Å². The van der Waals surface area contributed by atoms with Gasteiger partial charge in [-0.15, -0.1) is 0 Å². The van der Waals surface area contributed by atoms with Gasteiger partial charge in [0.05, 0.1) is 0 Å². The van der Waals surface area contributed by atoms with Gasteiger partial charge in [-0.25, -0.2) is 0 Å². The lowest BCUT2D eigenvalue weighted by Gasteiger charge is -2.11. The van der Waals surface area contributed by atoms with Gasteiger partial charge in [0, 0.05) is 26.8 Å². The first-order valence-corrected chi connectivity index (χ1v) is 6.66. The number of nitrogens with two attached hydrogens (primary N) is 1. The number of aryl methyl sites for hydroxylation is 1. The molecule has 0 bridgehead atoms. The zero-order valence-electron chi connectivity index (χ0n) is 9.91. The Balaban J connectivity index is 2.13. The predicted molar refractivity (Wildman–Crippen MR) is 79.1 cm³/mol. The Morgan fingerprint density at radius 1 is 1.22 bits per heavy atom. The Morgan fingerprint density at radius 3 is 2.72 bits per heavy atom. The lowest BCUT2D eigenvalue weighted by Crippen LogP contribution is -1.98. The molecular weight excluding hydrogens is 314 g/mol. The summed E-state index contributed by atoms with van der Waals surface area (Å²) in [6, 6.07) is 11.3. The van der Waals surface area contributed by atoms with E-state index in [1.54, 1.807) is 0 Å². The van der Waals surface area contributed by atoms with Crippen molar-refractivity contribution in [2.45, 2.75) is 13.5 Å². The number of benzene rings is 2. The molecule has 2 N–H and O–H groups in total. The van der Waals surface area contributed by atoms with Crippen molar-refractivity contribution in [3.63, 3.8) is 0 Å². The van der Waals surface area contributed by atoms with Crippen LogP contribution in [0.1, 0.15) is 11.1 Å². The molecule has 0 aliphatic rings. The van der Waals surface area contributed by atoms with Crippen molar-refractivity contribution in [3.8, 4) is 5.75 Å². The summed E-state index contributed by atoms with van der Waals surface area (Å²) in [6.45, 7) is 2.41. The minimum absolute atomic E-state index is 0.427. The maximum Gasteiger partial charge on any atom is 0.124 e. The van der Waals surface area contributed by atoms with Crippen LogP contribution < -0.4 is 10.5 Å². The summed E-state index contributed by atoms with van der Waals surface area (Å²) in [4.78, 5) is 0. The first-order valence-electron chi connectivity index (χ1n) is 5.49. The fourth-order valence-corrected chi connectivity index (χ4v) is 2.29. The third-order valence-electron chi connectivity index (χ3n) is 2.61. The second-order valence-corrected chi connectivity index (χ2v) is 5.37. The van der Waals surface area contributed by atoms with Gasteiger partial charge in [0.15, 0.2) is 0 Å². The maximum atomic E-state index is 6.13. The lowest BCUT2D eigenvalue weighted by atomic mass is 10.2. The van der Waals surface area contributed by atoms with Gasteiger partial charge in [0.1, 0.15) is 12.4 Å². The molecule has 4 heteroatoms. The molecule has 2 aromatic carbocycles. The molecule has 0 fully saturated rings. The van der Waals surface area contributed by atoms with E-state index in [9.17, 15) is 0 Å². The molecule has 0 spiro atoms. The number of ether oxygens (including phenoxy) is 1. The Morgan fingerprint density at radius 2 is 2.00 bits per heavy atom. The third-order valence-corrected chi connectivity index (χ3v) is 3.46. The number of hydrogen-bond acceptors (Lipinski definition) is 2. The van der Waals surface area contributed by atoms with E-state index in [2.05, 4.69) is 15.9 Å². The van der Waals surface area contributed by atoms with Gasteiger partial charge in [0.25, 0.3) is 0 Å². The molecule has 0 unspecified atom stereocenters. The smallest absolute Gasteiger partial charge is 0.124 e. The highest BCUT2D eigenvalue weighted by Gasteiger charge is 2.04. The van der Waals surface area contributed by atoms with Crippen LogP contribution in [0.2, 0.25) is 5.02 Å². The van der Waals surface area contributed by atoms with Crippen LogP contribution >= 0.6 is 27.5 Å². The van der Waals surface area contributed by atoms with Crippen molar-refractivity contribution in [2.75, 3.05) is 5.73 Å². The Kier molecular flexibility index (Phi) is 4.15. The van der Waals surface area contributed by atoms with Crippen molar-refractivity contribution in [3.05, 3.63) is 57.0 Å². The molecule has 0 atom stereocenters. The molecule has 0 aromatic heterocycles. The van der Waals surface area contributed by atoms with Crippen LogP contribution in [0.4, 0.5) is 5.69 Å². The standard InChI is InChI=1S/C14H13BrClNO/c1-9-2-5-12(17)7-14(9)18-8-10-3-4-11(15)6-13(10)16/h2-7H,8,17H2,1H3. The second kappa shape index (κ2) is 5.63. The monoisotopic (exact) mass is 325 g/mol. The number of rotatable bonds is 3. The largest absolute Gasteiger partial charge is 0.489 e. The molecule has 0 saturated carbocycles. The van der Waals surface area contributed by atoms with E-state index in [0.29, 0.717) is 17.3 Å². The van der Waals surface area contributed by atoms with Gasteiger partial charge < -0.3 is 10.5 Å². The Bertz CT molecular complexity index is 572. The Labute approximate surface area is 120 Å². The molecule has 2 nitrogen and oxygen atoms in total. The minimum Gasteiger partial charge on any atom is -0.489 e. The molecule has 0 aliphatic carbocycles. The summed E-state index contributed by atoms with van der Waals surface area (Å²) in [6.07, 6.45) is 0. The first-order chi connectivity index (χ1) is 8.56. The molecule has 0 radical (unpaired) electrons. The molecule has 94 valence electrons. The van der Waals surface area contributed by atoms with E-state index in [1.807, 2.05) is 43.3 Å². The lowest BCUT2D eigenvalue weighted by molar-refractivity contribution is 0.304. The van der Waals surface area contributed by atoms with E-state index in [0.717, 1.165) is 21.3 Å². The minimum atomic E-state index is 0.427. The summed E-state index contributed by atoms with van der Waals surface area (Å²) in [5.41, 5.74) is 8.43. The maximum absolute atomic E-state index is 6.13. The zero-order valence-corrected chi connectivity index (χ0v) is 12.3. The third kappa shape index (κ3) is 3.18. The number of anilines is 1. The topological polar surface area (TPSA) is 35.2 Å². The normalized spacial score (nSPS) is 10.4. The van der Waals surface area contributed by atoms with Crippen LogP contribution in [0.15, 0.2) is 40.9 Å². The predicted octanol–water partition coefficient (Wildman–Crippen LogP) is 4.57. The van der Waals surface area contributed by atoms with Crippen molar-refractivity contribution >= 4 is 33.2 Å². The van der Waals surface area contributed by atoms with E-state index in [-0.39, 0.29) is 0 Å². The summed E-state index contributed by atoms with van der Waals surface area (Å²) < 4.78 is 6.70. The van der Waals surface area contributed by atoms with Crippen LogP contribution in [0.5, 0.6) is 5.75 Å². The summed E-state index contributed by atoms with van der Waals surface area (Å²) in [5, 5.41) is 0.686.